The van der Waals surface area contributed by atoms with E-state index in [0.29, 0.717) is 17.5 Å². The van der Waals surface area contributed by atoms with Crippen LogP contribution in [0.4, 0.5) is 0 Å². The molecule has 0 atom stereocenters. The Morgan fingerprint density at radius 2 is 1.47 bits per heavy atom. The van der Waals surface area contributed by atoms with Crippen LogP contribution in [0.1, 0.15) is 44.9 Å². The Labute approximate surface area is 356 Å². The Kier molecular flexibility index (Phi) is 12.1. The fourth-order valence-corrected chi connectivity index (χ4v) is 9.16. The molecule has 0 aliphatic rings. The standard InChI is InChI=1S/C33H24N3O.C18H24NSi.Ir/c1-21(2)27-20-19-25-24-14-10-15-26(31(24)37-33(25)35-27)32-34-28-16-7-9-18-30(28)36(32)29-17-8-6-13-23(29)22-11-4-3-5-12-22;1-14(2)11-16-12-17(15-9-7-6-8-10-15)19-13-18(16)20(3,4)5;/h3-14,16-21H,1-2H3;6-9,12-14H,11H2,1-5H3;/q2*-1;. The van der Waals surface area contributed by atoms with Gasteiger partial charge in [-0.3, -0.25) is 4.98 Å². The van der Waals surface area contributed by atoms with Gasteiger partial charge in [-0.25, -0.2) is 4.98 Å². The van der Waals surface area contributed by atoms with Gasteiger partial charge in [0.05, 0.1) is 30.5 Å². The number of nitrogens with zero attached hydrogens (tertiary/aromatic N) is 4. The Morgan fingerprint density at radius 1 is 0.724 bits per heavy atom. The van der Waals surface area contributed by atoms with E-state index < -0.39 is 8.07 Å². The summed E-state index contributed by atoms with van der Waals surface area (Å²) < 4.78 is 8.66. The van der Waals surface area contributed by atoms with Crippen LogP contribution >= 0.6 is 0 Å². The van der Waals surface area contributed by atoms with E-state index in [1.807, 2.05) is 42.5 Å². The molecule has 0 saturated carbocycles. The SMILES string of the molecule is CC(C)Cc1cc(-c2[c-]cccc2)ncc1[Si](C)(C)C.CC(C)c1ccc2c(n1)oc1c(-c3nc4ccccc4n3-c3ccccc3-c3ccccc3)[c-]ccc12.[Ir]. The monoisotopic (exact) mass is 953 g/mol. The van der Waals surface area contributed by atoms with Crippen LogP contribution in [0, 0.1) is 18.1 Å². The minimum atomic E-state index is -1.34. The quantitative estimate of drug-likeness (QED) is 0.112. The van der Waals surface area contributed by atoms with Crippen molar-refractivity contribution in [2.75, 3.05) is 0 Å². The average molecular weight is 953 g/mol. The maximum absolute atomic E-state index is 6.43. The number of pyridine rings is 2. The largest absolute Gasteiger partial charge is 0.486 e. The van der Waals surface area contributed by atoms with Gasteiger partial charge >= 0.3 is 0 Å². The summed E-state index contributed by atoms with van der Waals surface area (Å²) in [6.45, 7) is 16.0. The van der Waals surface area contributed by atoms with Crippen molar-refractivity contribution in [1.29, 1.82) is 0 Å². The van der Waals surface area contributed by atoms with Gasteiger partial charge in [0, 0.05) is 48.6 Å². The fraction of sp³-hybridized carbons (Fsp3) is 0.196. The summed E-state index contributed by atoms with van der Waals surface area (Å²) in [6, 6.07) is 52.4. The molecule has 5 nitrogen and oxygen atoms in total. The molecule has 1 radical (unpaired) electrons. The molecule has 4 heterocycles. The second-order valence-electron chi connectivity index (χ2n) is 16.4. The summed E-state index contributed by atoms with van der Waals surface area (Å²) in [5.74, 6) is 1.78. The van der Waals surface area contributed by atoms with E-state index in [1.54, 1.807) is 0 Å². The molecule has 0 aliphatic heterocycles. The third-order valence-electron chi connectivity index (χ3n) is 10.3. The molecule has 293 valence electrons. The number of aromatic nitrogens is 4. The molecule has 0 fully saturated rings. The molecule has 0 N–H and O–H groups in total. The zero-order chi connectivity index (χ0) is 39.7. The first-order valence-electron chi connectivity index (χ1n) is 19.9. The predicted octanol–water partition coefficient (Wildman–Crippen LogP) is 12.9. The molecular weight excluding hydrogens is 905 g/mol. The van der Waals surface area contributed by atoms with Gasteiger partial charge in [0.25, 0.3) is 0 Å². The first kappa shape index (κ1) is 40.7. The molecule has 5 aromatic carbocycles. The van der Waals surface area contributed by atoms with Crippen LogP contribution in [0.25, 0.3) is 72.6 Å². The van der Waals surface area contributed by atoms with Gasteiger partial charge in [-0.15, -0.1) is 54.1 Å². The summed E-state index contributed by atoms with van der Waals surface area (Å²) in [7, 11) is -1.34. The van der Waals surface area contributed by atoms with Crippen molar-refractivity contribution >= 4 is 46.4 Å². The van der Waals surface area contributed by atoms with E-state index >= 15 is 0 Å². The Hall–Kier alpha value is -5.46. The van der Waals surface area contributed by atoms with Crippen LogP contribution in [-0.2, 0) is 26.5 Å². The van der Waals surface area contributed by atoms with Crippen LogP contribution in [0.3, 0.4) is 0 Å². The van der Waals surface area contributed by atoms with Crippen molar-refractivity contribution in [1.82, 2.24) is 19.5 Å². The summed E-state index contributed by atoms with van der Waals surface area (Å²) in [4.78, 5) is 14.6. The minimum Gasteiger partial charge on any atom is -0.486 e. The summed E-state index contributed by atoms with van der Waals surface area (Å²) >= 11 is 0. The Morgan fingerprint density at radius 3 is 2.21 bits per heavy atom. The predicted molar refractivity (Wildman–Crippen MR) is 240 cm³/mol. The fourth-order valence-electron chi connectivity index (χ4n) is 7.57. The van der Waals surface area contributed by atoms with Crippen molar-refractivity contribution in [2.45, 2.75) is 59.7 Å². The number of furan rings is 1. The average Bonchev–Trinajstić information content (AvgIpc) is 3.79. The van der Waals surface area contributed by atoms with E-state index in [0.717, 1.165) is 79.0 Å². The van der Waals surface area contributed by atoms with Crippen molar-refractivity contribution in [2.24, 2.45) is 5.92 Å². The van der Waals surface area contributed by atoms with Crippen molar-refractivity contribution < 1.29 is 24.5 Å². The molecule has 9 aromatic rings. The molecule has 0 spiro atoms. The summed E-state index contributed by atoms with van der Waals surface area (Å²) in [5, 5.41) is 3.51. The van der Waals surface area contributed by atoms with E-state index in [2.05, 4.69) is 166 Å². The van der Waals surface area contributed by atoms with Crippen molar-refractivity contribution in [3.05, 3.63) is 163 Å². The summed E-state index contributed by atoms with van der Waals surface area (Å²) in [6.07, 6.45) is 3.24. The zero-order valence-electron chi connectivity index (χ0n) is 34.2. The smallest absolute Gasteiger partial charge is 0.216 e. The van der Waals surface area contributed by atoms with Gasteiger partial charge in [-0.2, -0.15) is 0 Å². The number of benzene rings is 5. The van der Waals surface area contributed by atoms with Gasteiger partial charge in [0.1, 0.15) is 0 Å². The second-order valence-corrected chi connectivity index (χ2v) is 21.5. The van der Waals surface area contributed by atoms with E-state index in [-0.39, 0.29) is 20.1 Å². The maximum atomic E-state index is 6.43. The van der Waals surface area contributed by atoms with Crippen molar-refractivity contribution in [3.63, 3.8) is 0 Å². The van der Waals surface area contributed by atoms with Gasteiger partial charge in [0.15, 0.2) is 0 Å². The molecule has 4 aromatic heterocycles. The van der Waals surface area contributed by atoms with Crippen molar-refractivity contribution in [3.8, 4) is 39.5 Å². The molecule has 0 amide bonds. The van der Waals surface area contributed by atoms with Gasteiger partial charge in [-0.05, 0) is 65.0 Å². The third kappa shape index (κ3) is 8.26. The molecule has 9 rings (SSSR count). The number of imidazole rings is 1. The van der Waals surface area contributed by atoms with E-state index in [1.165, 1.54) is 10.8 Å². The summed E-state index contributed by atoms with van der Waals surface area (Å²) in [5.41, 5.74) is 12.1. The zero-order valence-corrected chi connectivity index (χ0v) is 37.6. The molecule has 0 saturated heterocycles. The second kappa shape index (κ2) is 17.2. The van der Waals surface area contributed by atoms with Crippen LogP contribution in [0.15, 0.2) is 144 Å². The molecule has 7 heteroatoms. The van der Waals surface area contributed by atoms with E-state index in [9.17, 15) is 0 Å². The number of para-hydroxylation sites is 3. The maximum Gasteiger partial charge on any atom is 0.216 e. The minimum absolute atomic E-state index is 0. The molecule has 0 bridgehead atoms. The normalized spacial score (nSPS) is 11.6. The molecule has 0 aliphatic carbocycles. The number of fused-ring (bicyclic) bond motifs is 4. The molecular formula is C51H48IrN4OSi-2. The van der Waals surface area contributed by atoms with Crippen LogP contribution in [0.5, 0.6) is 0 Å². The number of rotatable bonds is 8. The Balaban J connectivity index is 0.000000208. The van der Waals surface area contributed by atoms with Gasteiger partial charge < -0.3 is 14.0 Å². The van der Waals surface area contributed by atoms with Crippen LogP contribution in [0.2, 0.25) is 19.6 Å². The number of hydrogen-bond acceptors (Lipinski definition) is 4. The molecule has 58 heavy (non-hydrogen) atoms. The first-order valence-corrected chi connectivity index (χ1v) is 23.4. The van der Waals surface area contributed by atoms with Crippen LogP contribution in [-0.4, -0.2) is 27.6 Å². The molecule has 0 unspecified atom stereocenters. The van der Waals surface area contributed by atoms with E-state index in [4.69, 9.17) is 14.4 Å². The van der Waals surface area contributed by atoms with Gasteiger partial charge in [0.2, 0.25) is 5.71 Å². The first-order chi connectivity index (χ1) is 27.6. The van der Waals surface area contributed by atoms with Crippen LogP contribution < -0.4 is 5.19 Å². The Bertz CT molecular complexity index is 2820. The number of hydrogen-bond donors (Lipinski definition) is 0. The van der Waals surface area contributed by atoms with Gasteiger partial charge in [-0.1, -0.05) is 131 Å². The topological polar surface area (TPSA) is 56.7 Å². The third-order valence-corrected chi connectivity index (χ3v) is 12.4.